The van der Waals surface area contributed by atoms with E-state index >= 15 is 0 Å². The Morgan fingerprint density at radius 1 is 1.24 bits per heavy atom. The Balaban J connectivity index is 2.05. The maximum atomic E-state index is 4.67. The van der Waals surface area contributed by atoms with Crippen LogP contribution in [0.2, 0.25) is 0 Å². The van der Waals surface area contributed by atoms with Crippen LogP contribution in [-0.2, 0) is 6.42 Å². The molecule has 90 valence electrons. The van der Waals surface area contributed by atoms with E-state index in [-0.39, 0.29) is 0 Å². The molecule has 0 N–H and O–H groups in total. The molecular formula is C14H18N2S. The lowest BCUT2D eigenvalue weighted by Crippen LogP contribution is -2.01. The molecule has 0 aromatic carbocycles. The Bertz CT molecular complexity index is 462. The molecule has 0 saturated carbocycles. The predicted molar refractivity (Wildman–Crippen MR) is 72.6 cm³/mol. The number of thiazole rings is 1. The van der Waals surface area contributed by atoms with Crippen molar-refractivity contribution in [1.82, 2.24) is 9.97 Å². The molecule has 0 spiro atoms. The fraction of sp³-hybridized carbons (Fsp3) is 0.429. The van der Waals surface area contributed by atoms with Crippen molar-refractivity contribution in [2.75, 3.05) is 0 Å². The van der Waals surface area contributed by atoms with Crippen molar-refractivity contribution in [1.29, 1.82) is 0 Å². The lowest BCUT2D eigenvalue weighted by molar-refractivity contribution is 0.712. The third-order valence-electron chi connectivity index (χ3n) is 2.77. The van der Waals surface area contributed by atoms with Gasteiger partial charge in [-0.15, -0.1) is 11.3 Å². The standard InChI is InChI=1S/C14H18N2S/c1-10(2)14-16-12(9-17-14)8-11(3)13-6-4-5-7-15-13/h4-7,9-11H,8H2,1-3H3. The van der Waals surface area contributed by atoms with E-state index in [4.69, 9.17) is 0 Å². The van der Waals surface area contributed by atoms with Crippen LogP contribution in [0.3, 0.4) is 0 Å². The molecule has 3 heteroatoms. The van der Waals surface area contributed by atoms with Crippen molar-refractivity contribution in [3.05, 3.63) is 46.2 Å². The van der Waals surface area contributed by atoms with Crippen LogP contribution >= 0.6 is 11.3 Å². The average Bonchev–Trinajstić information content (AvgIpc) is 2.79. The molecule has 0 radical (unpaired) electrons. The third kappa shape index (κ3) is 3.13. The zero-order valence-electron chi connectivity index (χ0n) is 10.6. The zero-order chi connectivity index (χ0) is 12.3. The highest BCUT2D eigenvalue weighted by atomic mass is 32.1. The van der Waals surface area contributed by atoms with Crippen molar-refractivity contribution in [3.8, 4) is 0 Å². The fourth-order valence-electron chi connectivity index (χ4n) is 1.77. The van der Waals surface area contributed by atoms with Crippen LogP contribution in [0.4, 0.5) is 0 Å². The smallest absolute Gasteiger partial charge is 0.0953 e. The molecule has 0 aliphatic carbocycles. The second-order valence-corrected chi connectivity index (χ2v) is 5.58. The molecule has 0 saturated heterocycles. The quantitative estimate of drug-likeness (QED) is 0.814. The van der Waals surface area contributed by atoms with E-state index in [1.54, 1.807) is 11.3 Å². The molecule has 1 atom stereocenters. The van der Waals surface area contributed by atoms with Crippen LogP contribution in [0.25, 0.3) is 0 Å². The van der Waals surface area contributed by atoms with Gasteiger partial charge in [0.2, 0.25) is 0 Å². The highest BCUT2D eigenvalue weighted by molar-refractivity contribution is 7.09. The molecule has 2 nitrogen and oxygen atoms in total. The maximum Gasteiger partial charge on any atom is 0.0953 e. The highest BCUT2D eigenvalue weighted by Crippen LogP contribution is 2.23. The van der Waals surface area contributed by atoms with Crippen LogP contribution in [0.5, 0.6) is 0 Å². The van der Waals surface area contributed by atoms with E-state index in [1.165, 1.54) is 10.7 Å². The monoisotopic (exact) mass is 246 g/mol. The van der Waals surface area contributed by atoms with Gasteiger partial charge in [0.1, 0.15) is 0 Å². The van der Waals surface area contributed by atoms with Gasteiger partial charge in [-0.1, -0.05) is 26.8 Å². The summed E-state index contributed by atoms with van der Waals surface area (Å²) in [5, 5.41) is 3.41. The van der Waals surface area contributed by atoms with E-state index < -0.39 is 0 Å². The summed E-state index contributed by atoms with van der Waals surface area (Å²) in [4.78, 5) is 9.06. The first-order valence-electron chi connectivity index (χ1n) is 6.02. The maximum absolute atomic E-state index is 4.67. The zero-order valence-corrected chi connectivity index (χ0v) is 11.4. The summed E-state index contributed by atoms with van der Waals surface area (Å²) < 4.78 is 0. The van der Waals surface area contributed by atoms with Crippen molar-refractivity contribution >= 4 is 11.3 Å². The number of aromatic nitrogens is 2. The molecule has 0 bridgehead atoms. The molecule has 1 unspecified atom stereocenters. The summed E-state index contributed by atoms with van der Waals surface area (Å²) in [5.41, 5.74) is 2.34. The molecule has 17 heavy (non-hydrogen) atoms. The first-order chi connectivity index (χ1) is 8.16. The summed E-state index contributed by atoms with van der Waals surface area (Å²) >= 11 is 1.76. The lowest BCUT2D eigenvalue weighted by atomic mass is 10.0. The van der Waals surface area contributed by atoms with Crippen LogP contribution < -0.4 is 0 Å². The highest BCUT2D eigenvalue weighted by Gasteiger charge is 2.11. The van der Waals surface area contributed by atoms with Gasteiger partial charge in [0.25, 0.3) is 0 Å². The molecule has 0 fully saturated rings. The second kappa shape index (κ2) is 5.41. The van der Waals surface area contributed by atoms with Gasteiger partial charge in [0.15, 0.2) is 0 Å². The van der Waals surface area contributed by atoms with Crippen molar-refractivity contribution in [2.24, 2.45) is 0 Å². The summed E-state index contributed by atoms with van der Waals surface area (Å²) in [7, 11) is 0. The summed E-state index contributed by atoms with van der Waals surface area (Å²) in [6, 6.07) is 6.08. The molecule has 0 amide bonds. The first-order valence-corrected chi connectivity index (χ1v) is 6.90. The molecule has 2 heterocycles. The van der Waals surface area contributed by atoms with Gasteiger partial charge in [0, 0.05) is 29.1 Å². The van der Waals surface area contributed by atoms with Gasteiger partial charge < -0.3 is 0 Å². The molecule has 2 aromatic rings. The Labute approximate surface area is 107 Å². The molecule has 2 rings (SSSR count). The van der Waals surface area contributed by atoms with Crippen molar-refractivity contribution < 1.29 is 0 Å². The molecule has 0 aliphatic heterocycles. The van der Waals surface area contributed by atoms with Crippen LogP contribution in [0.15, 0.2) is 29.8 Å². The summed E-state index contributed by atoms with van der Waals surface area (Å²) in [6.07, 6.45) is 2.83. The SMILES string of the molecule is CC(C)c1nc(CC(C)c2ccccn2)cs1. The number of rotatable bonds is 4. The number of pyridine rings is 1. The van der Waals surface area contributed by atoms with E-state index in [9.17, 15) is 0 Å². The molecular weight excluding hydrogens is 228 g/mol. The number of hydrogen-bond donors (Lipinski definition) is 0. The Morgan fingerprint density at radius 3 is 2.65 bits per heavy atom. The second-order valence-electron chi connectivity index (χ2n) is 4.69. The summed E-state index contributed by atoms with van der Waals surface area (Å²) in [6.45, 7) is 6.58. The Kier molecular flexibility index (Phi) is 3.89. The van der Waals surface area contributed by atoms with E-state index in [0.717, 1.165) is 12.1 Å². The topological polar surface area (TPSA) is 25.8 Å². The minimum absolute atomic E-state index is 0.429. The average molecular weight is 246 g/mol. The normalized spacial score (nSPS) is 12.9. The van der Waals surface area contributed by atoms with Gasteiger partial charge in [-0.25, -0.2) is 4.98 Å². The van der Waals surface area contributed by atoms with Gasteiger partial charge in [-0.3, -0.25) is 4.98 Å². The van der Waals surface area contributed by atoms with E-state index in [2.05, 4.69) is 42.2 Å². The molecule has 2 aromatic heterocycles. The van der Waals surface area contributed by atoms with Gasteiger partial charge in [-0.2, -0.15) is 0 Å². The van der Waals surface area contributed by atoms with E-state index in [0.29, 0.717) is 11.8 Å². The largest absolute Gasteiger partial charge is 0.261 e. The lowest BCUT2D eigenvalue weighted by Gasteiger charge is -2.08. The summed E-state index contributed by atoms with van der Waals surface area (Å²) in [5.74, 6) is 0.956. The predicted octanol–water partition coefficient (Wildman–Crippen LogP) is 4.01. The van der Waals surface area contributed by atoms with Gasteiger partial charge in [0.05, 0.1) is 10.7 Å². The number of nitrogens with zero attached hydrogens (tertiary/aromatic N) is 2. The van der Waals surface area contributed by atoms with Gasteiger partial charge in [-0.05, 0) is 18.6 Å². The third-order valence-corrected chi connectivity index (χ3v) is 3.97. The van der Waals surface area contributed by atoms with Crippen molar-refractivity contribution in [3.63, 3.8) is 0 Å². The van der Waals surface area contributed by atoms with Crippen LogP contribution in [-0.4, -0.2) is 9.97 Å². The van der Waals surface area contributed by atoms with Gasteiger partial charge >= 0.3 is 0 Å². The van der Waals surface area contributed by atoms with Crippen LogP contribution in [0, 0.1) is 0 Å². The first kappa shape index (κ1) is 12.2. The Morgan fingerprint density at radius 2 is 2.06 bits per heavy atom. The number of hydrogen-bond acceptors (Lipinski definition) is 3. The Hall–Kier alpha value is -1.22. The van der Waals surface area contributed by atoms with E-state index in [1.807, 2.05) is 18.3 Å². The fourth-order valence-corrected chi connectivity index (χ4v) is 2.62. The minimum atomic E-state index is 0.429. The minimum Gasteiger partial charge on any atom is -0.261 e. The van der Waals surface area contributed by atoms with Crippen LogP contribution in [0.1, 0.15) is 49.0 Å². The van der Waals surface area contributed by atoms with Crippen molar-refractivity contribution in [2.45, 2.75) is 39.0 Å². The molecule has 0 aliphatic rings.